The van der Waals surface area contributed by atoms with Crippen molar-refractivity contribution in [1.29, 1.82) is 0 Å². The molecule has 4 nitrogen and oxygen atoms in total. The van der Waals surface area contributed by atoms with E-state index in [2.05, 4.69) is 10.1 Å². The maximum absolute atomic E-state index is 12.1. The summed E-state index contributed by atoms with van der Waals surface area (Å²) in [7, 11) is 0. The van der Waals surface area contributed by atoms with Gasteiger partial charge in [0.2, 0.25) is 5.91 Å². The van der Waals surface area contributed by atoms with Gasteiger partial charge in [0.05, 0.1) is 5.69 Å². The van der Waals surface area contributed by atoms with Gasteiger partial charge in [0, 0.05) is 11.6 Å². The normalized spacial score (nSPS) is 10.8. The van der Waals surface area contributed by atoms with Crippen LogP contribution in [0.15, 0.2) is 54.6 Å². The number of para-hydroxylation sites is 1. The van der Waals surface area contributed by atoms with Gasteiger partial charge in [-0.2, -0.15) is 8.78 Å². The average Bonchev–Trinajstić information content (AvgIpc) is 2.54. The summed E-state index contributed by atoms with van der Waals surface area (Å²) < 4.78 is 28.4. The third-order valence-electron chi connectivity index (χ3n) is 3.10. The molecule has 0 aromatic heterocycles. The first-order valence-corrected chi connectivity index (χ1v) is 7.09. The Morgan fingerprint density at radius 2 is 1.75 bits per heavy atom. The fraction of sp³-hybridized carbons (Fsp3) is 0.111. The summed E-state index contributed by atoms with van der Waals surface area (Å²) in [5, 5.41) is 2.63. The van der Waals surface area contributed by atoms with Gasteiger partial charge < -0.3 is 10.1 Å². The van der Waals surface area contributed by atoms with Crippen molar-refractivity contribution in [2.24, 2.45) is 0 Å². The van der Waals surface area contributed by atoms with E-state index in [1.807, 2.05) is 0 Å². The molecule has 6 heteroatoms. The van der Waals surface area contributed by atoms with Crippen LogP contribution >= 0.6 is 0 Å². The van der Waals surface area contributed by atoms with E-state index in [0.717, 1.165) is 0 Å². The Morgan fingerprint density at radius 1 is 1.08 bits per heavy atom. The summed E-state index contributed by atoms with van der Waals surface area (Å²) in [6.45, 7) is -1.46. The monoisotopic (exact) mass is 331 g/mol. The van der Waals surface area contributed by atoms with Gasteiger partial charge in [-0.1, -0.05) is 24.3 Å². The van der Waals surface area contributed by atoms with Crippen LogP contribution in [0.1, 0.15) is 22.8 Å². The van der Waals surface area contributed by atoms with E-state index in [0.29, 0.717) is 16.8 Å². The quantitative estimate of drug-likeness (QED) is 0.639. The average molecular weight is 331 g/mol. The highest BCUT2D eigenvalue weighted by Crippen LogP contribution is 2.17. The summed E-state index contributed by atoms with van der Waals surface area (Å²) in [4.78, 5) is 23.4. The molecular weight excluding hydrogens is 316 g/mol. The molecule has 0 saturated heterocycles. The van der Waals surface area contributed by atoms with Crippen LogP contribution in [-0.4, -0.2) is 18.3 Å². The molecule has 0 saturated carbocycles. The van der Waals surface area contributed by atoms with E-state index < -0.39 is 12.5 Å². The number of amides is 1. The molecule has 0 aliphatic carbocycles. The van der Waals surface area contributed by atoms with Crippen LogP contribution in [0.4, 0.5) is 14.5 Å². The van der Waals surface area contributed by atoms with E-state index in [1.165, 1.54) is 31.2 Å². The second-order valence-corrected chi connectivity index (χ2v) is 4.87. The predicted octanol–water partition coefficient (Wildman–Crippen LogP) is 4.14. The third kappa shape index (κ3) is 5.01. The molecule has 0 fully saturated rings. The number of alkyl halides is 2. The van der Waals surface area contributed by atoms with E-state index in [4.69, 9.17) is 0 Å². The number of ketones is 1. The number of nitrogens with one attached hydrogen (secondary N) is 1. The number of rotatable bonds is 6. The van der Waals surface area contributed by atoms with E-state index in [1.54, 1.807) is 36.4 Å². The Kier molecular flexibility index (Phi) is 5.78. The van der Waals surface area contributed by atoms with Crippen LogP contribution in [0.2, 0.25) is 0 Å². The molecule has 0 radical (unpaired) electrons. The lowest BCUT2D eigenvalue weighted by Gasteiger charge is -2.07. The van der Waals surface area contributed by atoms with Gasteiger partial charge in [-0.3, -0.25) is 9.59 Å². The zero-order valence-electron chi connectivity index (χ0n) is 12.8. The van der Waals surface area contributed by atoms with Gasteiger partial charge in [0.25, 0.3) is 0 Å². The van der Waals surface area contributed by atoms with Crippen molar-refractivity contribution in [3.8, 4) is 5.75 Å². The standard InChI is InChI=1S/C18H15F2NO3/c1-12(22)15-4-2-3-5-16(15)21-17(23)11-8-13-6-9-14(10-7-13)24-18(19)20/h2-11,18H,1H3,(H,21,23)/b11-8+. The molecular formula is C18H15F2NO3. The molecule has 2 rings (SSSR count). The molecule has 2 aromatic carbocycles. The van der Waals surface area contributed by atoms with Crippen molar-refractivity contribution in [3.63, 3.8) is 0 Å². The van der Waals surface area contributed by atoms with Crippen molar-refractivity contribution in [3.05, 3.63) is 65.7 Å². The van der Waals surface area contributed by atoms with Crippen molar-refractivity contribution in [2.75, 3.05) is 5.32 Å². The van der Waals surface area contributed by atoms with Crippen LogP contribution < -0.4 is 10.1 Å². The second kappa shape index (κ2) is 8.01. The van der Waals surface area contributed by atoms with E-state index in [9.17, 15) is 18.4 Å². The van der Waals surface area contributed by atoms with Crippen LogP contribution in [0.5, 0.6) is 5.75 Å². The highest BCUT2D eigenvalue weighted by atomic mass is 19.3. The number of hydrogen-bond donors (Lipinski definition) is 1. The van der Waals surface area contributed by atoms with Crippen molar-refractivity contribution >= 4 is 23.5 Å². The maximum Gasteiger partial charge on any atom is 0.387 e. The maximum atomic E-state index is 12.1. The number of halogens is 2. The van der Waals surface area contributed by atoms with Gasteiger partial charge in [0.1, 0.15) is 5.75 Å². The minimum atomic E-state index is -2.88. The summed E-state index contributed by atoms with van der Waals surface area (Å²) in [5.74, 6) is -0.511. The Balaban J connectivity index is 2.02. The van der Waals surface area contributed by atoms with Crippen molar-refractivity contribution < 1.29 is 23.1 Å². The molecule has 2 aromatic rings. The van der Waals surface area contributed by atoms with Gasteiger partial charge >= 0.3 is 6.61 Å². The van der Waals surface area contributed by atoms with E-state index >= 15 is 0 Å². The SMILES string of the molecule is CC(=O)c1ccccc1NC(=O)/C=C/c1ccc(OC(F)F)cc1. The Morgan fingerprint density at radius 3 is 2.38 bits per heavy atom. The fourth-order valence-corrected chi connectivity index (χ4v) is 2.01. The topological polar surface area (TPSA) is 55.4 Å². The van der Waals surface area contributed by atoms with Gasteiger partial charge in [-0.15, -0.1) is 0 Å². The van der Waals surface area contributed by atoms with Gasteiger partial charge in [-0.05, 0) is 42.8 Å². The minimum absolute atomic E-state index is 0.0435. The van der Waals surface area contributed by atoms with Crippen LogP contribution in [0, 0.1) is 0 Å². The number of hydrogen-bond acceptors (Lipinski definition) is 3. The van der Waals surface area contributed by atoms with Crippen LogP contribution in [0.3, 0.4) is 0 Å². The first kappa shape index (κ1) is 17.3. The summed E-state index contributed by atoms with van der Waals surface area (Å²) in [5.41, 5.74) is 1.50. The number of carbonyl (C=O) groups is 2. The predicted molar refractivity (Wildman–Crippen MR) is 87.2 cm³/mol. The first-order valence-electron chi connectivity index (χ1n) is 7.09. The molecule has 0 aliphatic rings. The summed E-state index contributed by atoms with van der Waals surface area (Å²) in [6, 6.07) is 12.6. The molecule has 0 aliphatic heterocycles. The largest absolute Gasteiger partial charge is 0.435 e. The molecule has 0 unspecified atom stereocenters. The Hall–Kier alpha value is -3.02. The molecule has 24 heavy (non-hydrogen) atoms. The molecule has 0 bridgehead atoms. The van der Waals surface area contributed by atoms with Crippen molar-refractivity contribution in [2.45, 2.75) is 13.5 Å². The highest BCUT2D eigenvalue weighted by molar-refractivity contribution is 6.07. The fourth-order valence-electron chi connectivity index (χ4n) is 2.01. The number of Topliss-reactive ketones (excluding diaryl/α,β-unsaturated/α-hetero) is 1. The molecule has 1 N–H and O–H groups in total. The van der Waals surface area contributed by atoms with Crippen LogP contribution in [0.25, 0.3) is 6.08 Å². The highest BCUT2D eigenvalue weighted by Gasteiger charge is 2.08. The molecule has 0 spiro atoms. The molecule has 0 atom stereocenters. The minimum Gasteiger partial charge on any atom is -0.435 e. The summed E-state index contributed by atoms with van der Waals surface area (Å²) >= 11 is 0. The zero-order valence-corrected chi connectivity index (χ0v) is 12.8. The number of anilines is 1. The second-order valence-electron chi connectivity index (χ2n) is 4.87. The molecule has 1 amide bonds. The van der Waals surface area contributed by atoms with Gasteiger partial charge in [0.15, 0.2) is 5.78 Å². The zero-order chi connectivity index (χ0) is 17.5. The van der Waals surface area contributed by atoms with Crippen molar-refractivity contribution in [1.82, 2.24) is 0 Å². The lowest BCUT2D eigenvalue weighted by atomic mass is 10.1. The first-order chi connectivity index (χ1) is 11.5. The van der Waals surface area contributed by atoms with Gasteiger partial charge in [-0.25, -0.2) is 0 Å². The smallest absolute Gasteiger partial charge is 0.387 e. The van der Waals surface area contributed by atoms with Crippen LogP contribution in [-0.2, 0) is 4.79 Å². The summed E-state index contributed by atoms with van der Waals surface area (Å²) in [6.07, 6.45) is 2.82. The number of ether oxygens (including phenoxy) is 1. The Bertz CT molecular complexity index is 755. The van der Waals surface area contributed by atoms with E-state index in [-0.39, 0.29) is 11.5 Å². The number of carbonyl (C=O) groups excluding carboxylic acids is 2. The third-order valence-corrected chi connectivity index (χ3v) is 3.10. The molecule has 0 heterocycles. The lowest BCUT2D eigenvalue weighted by Crippen LogP contribution is -2.11. The molecule has 124 valence electrons. The number of benzene rings is 2. The Labute approximate surface area is 137 Å². The lowest BCUT2D eigenvalue weighted by molar-refractivity contribution is -0.111.